The molecule has 144 valence electrons. The molecular weight excluding hydrogens is 355 g/mol. The smallest absolute Gasteiger partial charge is 0.338 e. The summed E-state index contributed by atoms with van der Waals surface area (Å²) in [5, 5.41) is 3.14. The summed E-state index contributed by atoms with van der Waals surface area (Å²) >= 11 is 0. The molecule has 1 atom stereocenters. The number of hydrogen-bond donors (Lipinski definition) is 1. The Morgan fingerprint density at radius 2 is 1.77 bits per heavy atom. The SMILES string of the molecule is O=C(c1cc(F)c(C2CCNCC2)cc1F)N1CCCC(C(F)(F)F)C1. The van der Waals surface area contributed by atoms with E-state index < -0.39 is 41.7 Å². The van der Waals surface area contributed by atoms with Gasteiger partial charge in [0.05, 0.1) is 11.5 Å². The van der Waals surface area contributed by atoms with Crippen molar-refractivity contribution >= 4 is 5.91 Å². The Balaban J connectivity index is 1.80. The van der Waals surface area contributed by atoms with Crippen molar-refractivity contribution in [3.63, 3.8) is 0 Å². The van der Waals surface area contributed by atoms with E-state index >= 15 is 0 Å². The van der Waals surface area contributed by atoms with Crippen LogP contribution in [0.4, 0.5) is 22.0 Å². The molecule has 3 nitrogen and oxygen atoms in total. The zero-order valence-electron chi connectivity index (χ0n) is 14.2. The van der Waals surface area contributed by atoms with Crippen LogP contribution in [0.3, 0.4) is 0 Å². The van der Waals surface area contributed by atoms with Crippen molar-refractivity contribution in [1.29, 1.82) is 0 Å². The molecule has 0 aromatic heterocycles. The molecule has 8 heteroatoms. The van der Waals surface area contributed by atoms with E-state index in [9.17, 15) is 26.7 Å². The van der Waals surface area contributed by atoms with Gasteiger partial charge in [-0.25, -0.2) is 8.78 Å². The Labute approximate surface area is 148 Å². The number of benzene rings is 1. The fourth-order valence-corrected chi connectivity index (χ4v) is 3.77. The maximum absolute atomic E-state index is 14.5. The number of nitrogens with zero attached hydrogens (tertiary/aromatic N) is 1. The third kappa shape index (κ3) is 4.00. The average molecular weight is 376 g/mol. The standard InChI is InChI=1S/C18H21F5N2O/c19-15-9-14(16(20)8-13(15)11-3-5-24-6-4-11)17(26)25-7-1-2-12(10-25)18(21,22)23/h8-9,11-12,24H,1-7,10H2. The van der Waals surface area contributed by atoms with Crippen LogP contribution in [0.2, 0.25) is 0 Å². The summed E-state index contributed by atoms with van der Waals surface area (Å²) in [5.74, 6) is -4.18. The van der Waals surface area contributed by atoms with E-state index in [4.69, 9.17) is 0 Å². The highest BCUT2D eigenvalue weighted by Crippen LogP contribution is 2.34. The third-order valence-corrected chi connectivity index (χ3v) is 5.27. The molecule has 0 spiro atoms. The second kappa shape index (κ2) is 7.50. The number of amides is 1. The Hall–Kier alpha value is -1.70. The number of likely N-dealkylation sites (tertiary alicyclic amines) is 1. The van der Waals surface area contributed by atoms with Gasteiger partial charge >= 0.3 is 6.18 Å². The monoisotopic (exact) mass is 376 g/mol. The third-order valence-electron chi connectivity index (χ3n) is 5.27. The second-order valence-electron chi connectivity index (χ2n) is 7.01. The number of carbonyl (C=O) groups is 1. The minimum Gasteiger partial charge on any atom is -0.338 e. The number of carbonyl (C=O) groups excluding carboxylic acids is 1. The fourth-order valence-electron chi connectivity index (χ4n) is 3.77. The topological polar surface area (TPSA) is 32.3 Å². The van der Waals surface area contributed by atoms with Gasteiger partial charge in [-0.05, 0) is 62.4 Å². The van der Waals surface area contributed by atoms with E-state index in [2.05, 4.69) is 5.32 Å². The van der Waals surface area contributed by atoms with Gasteiger partial charge in [-0.15, -0.1) is 0 Å². The number of alkyl halides is 3. The molecule has 1 unspecified atom stereocenters. The molecule has 2 saturated heterocycles. The number of nitrogens with one attached hydrogen (secondary N) is 1. The molecule has 0 bridgehead atoms. The quantitative estimate of drug-likeness (QED) is 0.796. The maximum Gasteiger partial charge on any atom is 0.393 e. The van der Waals surface area contributed by atoms with Gasteiger partial charge in [0.25, 0.3) is 5.91 Å². The molecule has 0 radical (unpaired) electrons. The first-order chi connectivity index (χ1) is 12.3. The highest BCUT2D eigenvalue weighted by molar-refractivity contribution is 5.94. The molecule has 1 aromatic rings. The van der Waals surface area contributed by atoms with Crippen LogP contribution >= 0.6 is 0 Å². The van der Waals surface area contributed by atoms with Crippen LogP contribution in [-0.4, -0.2) is 43.2 Å². The molecule has 2 heterocycles. The lowest BCUT2D eigenvalue weighted by atomic mass is 9.89. The summed E-state index contributed by atoms with van der Waals surface area (Å²) in [6.45, 7) is 1.01. The fraction of sp³-hybridized carbons (Fsp3) is 0.611. The molecule has 26 heavy (non-hydrogen) atoms. The van der Waals surface area contributed by atoms with E-state index in [1.807, 2.05) is 0 Å². The van der Waals surface area contributed by atoms with Gasteiger partial charge in [0.1, 0.15) is 11.6 Å². The summed E-state index contributed by atoms with van der Waals surface area (Å²) < 4.78 is 67.7. The van der Waals surface area contributed by atoms with E-state index in [1.165, 1.54) is 0 Å². The molecule has 1 aromatic carbocycles. The van der Waals surface area contributed by atoms with Crippen molar-refractivity contribution in [2.24, 2.45) is 5.92 Å². The lowest BCUT2D eigenvalue weighted by Crippen LogP contribution is -2.44. The Bertz CT molecular complexity index is 670. The van der Waals surface area contributed by atoms with E-state index in [0.717, 1.165) is 17.0 Å². The first-order valence-electron chi connectivity index (χ1n) is 8.83. The number of piperidine rings is 2. The predicted molar refractivity (Wildman–Crippen MR) is 85.9 cm³/mol. The summed E-state index contributed by atoms with van der Waals surface area (Å²) in [4.78, 5) is 13.5. The van der Waals surface area contributed by atoms with Gasteiger partial charge in [-0.1, -0.05) is 0 Å². The van der Waals surface area contributed by atoms with Crippen molar-refractivity contribution in [3.8, 4) is 0 Å². The van der Waals surface area contributed by atoms with E-state index in [-0.39, 0.29) is 30.9 Å². The number of rotatable bonds is 2. The van der Waals surface area contributed by atoms with Crippen LogP contribution in [0.15, 0.2) is 12.1 Å². The average Bonchev–Trinajstić information content (AvgIpc) is 2.63. The summed E-state index contributed by atoms with van der Waals surface area (Å²) in [6, 6.07) is 1.87. The van der Waals surface area contributed by atoms with E-state index in [1.54, 1.807) is 0 Å². The highest BCUT2D eigenvalue weighted by Gasteiger charge is 2.43. The second-order valence-corrected chi connectivity index (χ2v) is 7.01. The molecule has 3 rings (SSSR count). The molecule has 2 aliphatic heterocycles. The molecule has 2 aliphatic rings. The Morgan fingerprint density at radius 3 is 2.42 bits per heavy atom. The molecule has 1 N–H and O–H groups in total. The van der Waals surface area contributed by atoms with Gasteiger partial charge < -0.3 is 10.2 Å². The van der Waals surface area contributed by atoms with Crippen LogP contribution in [0.1, 0.15) is 47.5 Å². The molecule has 1 amide bonds. The molecule has 0 aliphatic carbocycles. The van der Waals surface area contributed by atoms with Crippen molar-refractivity contribution in [2.75, 3.05) is 26.2 Å². The van der Waals surface area contributed by atoms with Crippen LogP contribution < -0.4 is 5.32 Å². The van der Waals surface area contributed by atoms with E-state index in [0.29, 0.717) is 25.9 Å². The van der Waals surface area contributed by atoms with Gasteiger partial charge in [0.15, 0.2) is 0 Å². The van der Waals surface area contributed by atoms with Crippen molar-refractivity contribution in [3.05, 3.63) is 34.9 Å². The van der Waals surface area contributed by atoms with Crippen LogP contribution in [0.25, 0.3) is 0 Å². The zero-order chi connectivity index (χ0) is 18.9. The van der Waals surface area contributed by atoms with Crippen molar-refractivity contribution in [2.45, 2.75) is 37.8 Å². The van der Waals surface area contributed by atoms with Crippen LogP contribution in [-0.2, 0) is 0 Å². The molecule has 2 fully saturated rings. The minimum atomic E-state index is -4.40. The Morgan fingerprint density at radius 1 is 1.08 bits per heavy atom. The van der Waals surface area contributed by atoms with Gasteiger partial charge in [0.2, 0.25) is 0 Å². The normalized spacial score (nSPS) is 22.5. The summed E-state index contributed by atoms with van der Waals surface area (Å²) in [7, 11) is 0. The zero-order valence-corrected chi connectivity index (χ0v) is 14.2. The molecule has 0 saturated carbocycles. The van der Waals surface area contributed by atoms with Crippen molar-refractivity contribution in [1.82, 2.24) is 10.2 Å². The largest absolute Gasteiger partial charge is 0.393 e. The Kier molecular flexibility index (Phi) is 5.50. The lowest BCUT2D eigenvalue weighted by Gasteiger charge is -2.34. The predicted octanol–water partition coefficient (Wildman–Crippen LogP) is 3.85. The van der Waals surface area contributed by atoms with Gasteiger partial charge in [-0.2, -0.15) is 13.2 Å². The minimum absolute atomic E-state index is 0.0568. The highest BCUT2D eigenvalue weighted by atomic mass is 19.4. The summed E-state index contributed by atoms with van der Waals surface area (Å²) in [5.41, 5.74) is -0.268. The first-order valence-corrected chi connectivity index (χ1v) is 8.83. The summed E-state index contributed by atoms with van der Waals surface area (Å²) in [6.07, 6.45) is -2.93. The van der Waals surface area contributed by atoms with Crippen molar-refractivity contribution < 1.29 is 26.7 Å². The van der Waals surface area contributed by atoms with Gasteiger partial charge in [0, 0.05) is 13.1 Å². The number of hydrogen-bond acceptors (Lipinski definition) is 2. The lowest BCUT2D eigenvalue weighted by molar-refractivity contribution is -0.184. The van der Waals surface area contributed by atoms with Crippen LogP contribution in [0, 0.1) is 17.6 Å². The molecular formula is C18H21F5N2O. The number of halogens is 5. The maximum atomic E-state index is 14.5. The first kappa shape index (κ1) is 19.1. The van der Waals surface area contributed by atoms with Crippen LogP contribution in [0.5, 0.6) is 0 Å². The van der Waals surface area contributed by atoms with Gasteiger partial charge in [-0.3, -0.25) is 4.79 Å².